The predicted molar refractivity (Wildman–Crippen MR) is 100 cm³/mol. The molecule has 0 saturated carbocycles. The summed E-state index contributed by atoms with van der Waals surface area (Å²) in [5.41, 5.74) is -0.0718. The topological polar surface area (TPSA) is 87.9 Å². The Labute approximate surface area is 154 Å². The Morgan fingerprint density at radius 3 is 2.20 bits per heavy atom. The molecule has 25 heavy (non-hydrogen) atoms. The largest absolute Gasteiger partial charge is 0.530 e. The smallest absolute Gasteiger partial charge is 0.404 e. The average Bonchev–Trinajstić information content (AvgIpc) is 2.58. The van der Waals surface area contributed by atoms with Crippen LogP contribution >= 0.6 is 20.5 Å². The number of hydrogen-bond acceptors (Lipinski definition) is 7. The van der Waals surface area contributed by atoms with Gasteiger partial charge in [-0.25, -0.2) is 4.57 Å². The summed E-state index contributed by atoms with van der Waals surface area (Å²) in [4.78, 5) is 10.1. The highest BCUT2D eigenvalue weighted by Crippen LogP contribution is 2.49. The molecule has 0 aliphatic heterocycles. The number of nitrogens with zero attached hydrogens (tertiary/aromatic N) is 1. The number of unbranched alkanes of at least 4 members (excludes halogenated alkanes) is 5. The van der Waals surface area contributed by atoms with E-state index in [1.54, 1.807) is 6.92 Å². The second-order valence-electron chi connectivity index (χ2n) is 5.39. The van der Waals surface area contributed by atoms with Gasteiger partial charge in [-0.15, -0.1) is 0 Å². The van der Waals surface area contributed by atoms with E-state index in [1.807, 2.05) is 0 Å². The number of non-ortho nitro benzene ring substituents is 1. The van der Waals surface area contributed by atoms with Gasteiger partial charge >= 0.3 is 7.82 Å². The molecular weight excluding hydrogens is 365 g/mol. The highest BCUT2D eigenvalue weighted by atomic mass is 32.1. The Balaban J connectivity index is 2.42. The molecule has 0 N–H and O–H groups in total. The summed E-state index contributed by atoms with van der Waals surface area (Å²) in [6, 6.07) is 5.29. The van der Waals surface area contributed by atoms with Crippen LogP contribution in [0.15, 0.2) is 24.3 Å². The summed E-state index contributed by atoms with van der Waals surface area (Å²) >= 11 is 4.17. The zero-order chi connectivity index (χ0) is 18.5. The van der Waals surface area contributed by atoms with Crippen LogP contribution in [0, 0.1) is 10.1 Å². The van der Waals surface area contributed by atoms with E-state index < -0.39 is 12.7 Å². The van der Waals surface area contributed by atoms with Crippen molar-refractivity contribution < 1.29 is 23.1 Å². The molecule has 0 aliphatic rings. The fourth-order valence-electron chi connectivity index (χ4n) is 2.10. The van der Waals surface area contributed by atoms with Crippen molar-refractivity contribution in [2.45, 2.75) is 45.4 Å². The van der Waals surface area contributed by atoms with E-state index in [1.165, 1.54) is 30.7 Å². The maximum absolute atomic E-state index is 12.6. The van der Waals surface area contributed by atoms with Gasteiger partial charge in [-0.2, -0.15) is 12.6 Å². The van der Waals surface area contributed by atoms with Crippen LogP contribution < -0.4 is 4.52 Å². The van der Waals surface area contributed by atoms with Crippen molar-refractivity contribution in [3.05, 3.63) is 34.4 Å². The van der Waals surface area contributed by atoms with Crippen molar-refractivity contribution in [3.8, 4) is 5.75 Å². The second kappa shape index (κ2) is 12.3. The first-order valence-electron chi connectivity index (χ1n) is 8.45. The zero-order valence-corrected chi connectivity index (χ0v) is 16.3. The SMILES string of the molecule is CCOP(=O)(OCCCCCCCCS)Oc1ccc([N+](=O)[O-])cc1. The van der Waals surface area contributed by atoms with Gasteiger partial charge in [0.2, 0.25) is 0 Å². The molecule has 0 fully saturated rings. The third kappa shape index (κ3) is 9.26. The molecule has 0 radical (unpaired) electrons. The van der Waals surface area contributed by atoms with Gasteiger partial charge in [0.15, 0.2) is 0 Å². The number of benzene rings is 1. The fourth-order valence-corrected chi connectivity index (χ4v) is 3.56. The van der Waals surface area contributed by atoms with Gasteiger partial charge in [0.1, 0.15) is 5.75 Å². The summed E-state index contributed by atoms with van der Waals surface area (Å²) in [5.74, 6) is 1.12. The lowest BCUT2D eigenvalue weighted by atomic mass is 10.1. The van der Waals surface area contributed by atoms with Crippen molar-refractivity contribution in [1.82, 2.24) is 0 Å². The lowest BCUT2D eigenvalue weighted by Crippen LogP contribution is -2.04. The maximum Gasteiger partial charge on any atom is 0.530 e. The third-order valence-electron chi connectivity index (χ3n) is 3.35. The summed E-state index contributed by atoms with van der Waals surface area (Å²) in [5, 5.41) is 10.6. The third-order valence-corrected chi connectivity index (χ3v) is 5.18. The number of hydrogen-bond donors (Lipinski definition) is 1. The molecule has 0 heterocycles. The van der Waals surface area contributed by atoms with E-state index in [0.717, 1.165) is 37.9 Å². The molecule has 0 spiro atoms. The number of phosphoric ester groups is 1. The summed E-state index contributed by atoms with van der Waals surface area (Å²) < 4.78 is 28.4. The van der Waals surface area contributed by atoms with E-state index in [9.17, 15) is 14.7 Å². The maximum atomic E-state index is 12.6. The highest BCUT2D eigenvalue weighted by molar-refractivity contribution is 7.80. The first-order chi connectivity index (χ1) is 12.0. The van der Waals surface area contributed by atoms with Gasteiger partial charge in [0.05, 0.1) is 18.1 Å². The van der Waals surface area contributed by atoms with Crippen LogP contribution in [0.1, 0.15) is 45.4 Å². The number of phosphoric acid groups is 1. The minimum absolute atomic E-state index is 0.0718. The van der Waals surface area contributed by atoms with Gasteiger partial charge in [-0.1, -0.05) is 25.7 Å². The Kier molecular flexibility index (Phi) is 10.8. The van der Waals surface area contributed by atoms with Crippen LogP contribution in [0.2, 0.25) is 0 Å². The van der Waals surface area contributed by atoms with E-state index in [-0.39, 0.29) is 24.7 Å². The quantitative estimate of drug-likeness (QED) is 0.150. The lowest BCUT2D eigenvalue weighted by Gasteiger charge is -2.17. The van der Waals surface area contributed by atoms with Crippen LogP contribution in [0.4, 0.5) is 5.69 Å². The molecule has 1 rings (SSSR count). The number of thiol groups is 1. The van der Waals surface area contributed by atoms with Crippen LogP contribution in [0.5, 0.6) is 5.75 Å². The van der Waals surface area contributed by atoms with Crippen molar-refractivity contribution in [1.29, 1.82) is 0 Å². The van der Waals surface area contributed by atoms with E-state index in [2.05, 4.69) is 12.6 Å². The number of nitro groups is 1. The predicted octanol–water partition coefficient (Wildman–Crippen LogP) is 5.41. The molecule has 1 aromatic carbocycles. The first kappa shape index (κ1) is 22.0. The van der Waals surface area contributed by atoms with Crippen LogP contribution in [-0.4, -0.2) is 23.9 Å². The lowest BCUT2D eigenvalue weighted by molar-refractivity contribution is -0.384. The minimum Gasteiger partial charge on any atom is -0.404 e. The Hall–Kier alpha value is -1.08. The molecule has 0 saturated heterocycles. The molecule has 1 unspecified atom stereocenters. The molecule has 142 valence electrons. The van der Waals surface area contributed by atoms with Crippen molar-refractivity contribution in [2.24, 2.45) is 0 Å². The van der Waals surface area contributed by atoms with Crippen molar-refractivity contribution >= 4 is 26.1 Å². The summed E-state index contributed by atoms with van der Waals surface area (Å²) in [6.07, 6.45) is 6.30. The van der Waals surface area contributed by atoms with Crippen LogP contribution in [0.3, 0.4) is 0 Å². The zero-order valence-electron chi connectivity index (χ0n) is 14.5. The Morgan fingerprint density at radius 1 is 1.04 bits per heavy atom. The molecule has 0 amide bonds. The molecule has 1 atom stereocenters. The van der Waals surface area contributed by atoms with Crippen molar-refractivity contribution in [2.75, 3.05) is 19.0 Å². The molecule has 7 nitrogen and oxygen atoms in total. The Morgan fingerprint density at radius 2 is 1.64 bits per heavy atom. The Bertz CT molecular complexity index is 554. The highest BCUT2D eigenvalue weighted by Gasteiger charge is 2.28. The van der Waals surface area contributed by atoms with E-state index in [4.69, 9.17) is 13.6 Å². The molecule has 0 aliphatic carbocycles. The number of rotatable bonds is 14. The van der Waals surface area contributed by atoms with E-state index >= 15 is 0 Å². The standard InChI is InChI=1S/C16H26NO6PS/c1-2-21-24(20,22-13-7-5-3-4-6-8-14-25)23-16-11-9-15(10-12-16)17(18)19/h9-12,25H,2-8,13-14H2,1H3. The molecular formula is C16H26NO6PS. The first-order valence-corrected chi connectivity index (χ1v) is 10.5. The average molecular weight is 391 g/mol. The van der Waals surface area contributed by atoms with Gasteiger partial charge < -0.3 is 4.52 Å². The van der Waals surface area contributed by atoms with Gasteiger partial charge in [0, 0.05) is 12.1 Å². The molecule has 1 aromatic rings. The normalized spacial score (nSPS) is 13.4. The van der Waals surface area contributed by atoms with Gasteiger partial charge in [-0.05, 0) is 37.7 Å². The van der Waals surface area contributed by atoms with Crippen molar-refractivity contribution in [3.63, 3.8) is 0 Å². The van der Waals surface area contributed by atoms with E-state index in [0.29, 0.717) is 0 Å². The molecule has 9 heteroatoms. The van der Waals surface area contributed by atoms with Crippen LogP contribution in [0.25, 0.3) is 0 Å². The van der Waals surface area contributed by atoms with Crippen LogP contribution in [-0.2, 0) is 13.6 Å². The summed E-state index contributed by atoms with van der Waals surface area (Å²) in [6.45, 7) is 2.14. The monoisotopic (exact) mass is 391 g/mol. The second-order valence-corrected chi connectivity index (χ2v) is 7.43. The van der Waals surface area contributed by atoms with Gasteiger partial charge in [0.25, 0.3) is 5.69 Å². The fraction of sp³-hybridized carbons (Fsp3) is 0.625. The summed E-state index contributed by atoms with van der Waals surface area (Å²) in [7, 11) is -3.73. The van der Waals surface area contributed by atoms with Gasteiger partial charge in [-0.3, -0.25) is 19.2 Å². The minimum atomic E-state index is -3.73. The molecule has 0 bridgehead atoms. The number of nitro benzene ring substituents is 1. The molecule has 0 aromatic heterocycles.